The molecule has 27 heavy (non-hydrogen) atoms. The van der Waals surface area contributed by atoms with Crippen LogP contribution in [0.1, 0.15) is 55.3 Å². The molecule has 0 spiro atoms. The average molecular weight is 365 g/mol. The van der Waals surface area contributed by atoms with Gasteiger partial charge in [-0.3, -0.25) is 9.59 Å². The summed E-state index contributed by atoms with van der Waals surface area (Å²) in [5.74, 6) is -0.293. The van der Waals surface area contributed by atoms with Gasteiger partial charge in [-0.1, -0.05) is 42.8 Å². The van der Waals surface area contributed by atoms with E-state index < -0.39 is 0 Å². The van der Waals surface area contributed by atoms with Crippen LogP contribution in [0.3, 0.4) is 0 Å². The first kappa shape index (κ1) is 18.0. The highest BCUT2D eigenvalue weighted by Crippen LogP contribution is 2.26. The highest BCUT2D eigenvalue weighted by molar-refractivity contribution is 6.07. The molecule has 1 aliphatic heterocycles. The fourth-order valence-corrected chi connectivity index (χ4v) is 4.38. The molecule has 142 valence electrons. The molecule has 0 aromatic heterocycles. The summed E-state index contributed by atoms with van der Waals surface area (Å²) in [7, 11) is 0. The Morgan fingerprint density at radius 3 is 2.52 bits per heavy atom. The van der Waals surface area contributed by atoms with E-state index in [4.69, 9.17) is 4.74 Å². The summed E-state index contributed by atoms with van der Waals surface area (Å²) in [5, 5.41) is 2.03. The van der Waals surface area contributed by atoms with Crippen molar-refractivity contribution in [3.8, 4) is 0 Å². The third kappa shape index (κ3) is 4.00. The third-order valence-electron chi connectivity index (χ3n) is 5.90. The molecule has 1 aliphatic carbocycles. The van der Waals surface area contributed by atoms with Crippen molar-refractivity contribution in [1.82, 2.24) is 4.90 Å². The Kier molecular flexibility index (Phi) is 5.42. The quantitative estimate of drug-likeness (QED) is 0.749. The predicted molar refractivity (Wildman–Crippen MR) is 106 cm³/mol. The summed E-state index contributed by atoms with van der Waals surface area (Å²) in [6.07, 6.45) is 7.24. The van der Waals surface area contributed by atoms with Crippen molar-refractivity contribution in [2.45, 2.75) is 51.0 Å². The number of amides is 1. The van der Waals surface area contributed by atoms with Crippen molar-refractivity contribution >= 4 is 22.6 Å². The number of hydrogen-bond acceptors (Lipinski definition) is 3. The molecule has 0 bridgehead atoms. The lowest BCUT2D eigenvalue weighted by atomic mass is 9.95. The van der Waals surface area contributed by atoms with Gasteiger partial charge in [0, 0.05) is 18.7 Å². The van der Waals surface area contributed by atoms with E-state index in [0.29, 0.717) is 13.1 Å². The normalized spacial score (nSPS) is 21.2. The molecule has 1 saturated heterocycles. The van der Waals surface area contributed by atoms with Gasteiger partial charge in [0.1, 0.15) is 6.10 Å². The molecule has 0 N–H and O–H groups in total. The number of rotatable bonds is 3. The first-order valence-corrected chi connectivity index (χ1v) is 10.2. The number of piperidine rings is 1. The molecule has 2 fully saturated rings. The second-order valence-corrected chi connectivity index (χ2v) is 7.81. The lowest BCUT2D eigenvalue weighted by Crippen LogP contribution is -2.43. The van der Waals surface area contributed by atoms with Gasteiger partial charge in [-0.25, -0.2) is 0 Å². The minimum absolute atomic E-state index is 0.0157. The van der Waals surface area contributed by atoms with E-state index in [1.807, 2.05) is 47.4 Å². The molecule has 1 saturated carbocycles. The topological polar surface area (TPSA) is 46.6 Å². The number of carbonyl (C=O) groups excluding carboxylic acids is 2. The maximum Gasteiger partial charge on any atom is 0.311 e. The van der Waals surface area contributed by atoms with Crippen LogP contribution in [-0.2, 0) is 9.53 Å². The summed E-state index contributed by atoms with van der Waals surface area (Å²) in [6, 6.07) is 13.8. The number of likely N-dealkylation sites (tertiary alicyclic amines) is 1. The molecule has 4 nitrogen and oxygen atoms in total. The number of nitrogens with zero attached hydrogens (tertiary/aromatic N) is 1. The van der Waals surface area contributed by atoms with Crippen molar-refractivity contribution in [3.05, 3.63) is 48.0 Å². The highest BCUT2D eigenvalue weighted by atomic mass is 16.5. The smallest absolute Gasteiger partial charge is 0.311 e. The minimum Gasteiger partial charge on any atom is -0.462 e. The van der Waals surface area contributed by atoms with Gasteiger partial charge in [-0.2, -0.15) is 0 Å². The number of benzene rings is 2. The Labute approximate surface area is 160 Å². The van der Waals surface area contributed by atoms with Crippen molar-refractivity contribution in [2.24, 2.45) is 5.92 Å². The van der Waals surface area contributed by atoms with Crippen molar-refractivity contribution < 1.29 is 14.3 Å². The van der Waals surface area contributed by atoms with Gasteiger partial charge in [0.05, 0.1) is 5.92 Å². The zero-order valence-corrected chi connectivity index (χ0v) is 15.7. The monoisotopic (exact) mass is 365 g/mol. The zero-order valence-electron chi connectivity index (χ0n) is 15.7. The van der Waals surface area contributed by atoms with Gasteiger partial charge in [-0.05, 0) is 55.4 Å². The van der Waals surface area contributed by atoms with Crippen LogP contribution >= 0.6 is 0 Å². The van der Waals surface area contributed by atoms with Crippen LogP contribution in [-0.4, -0.2) is 36.0 Å². The van der Waals surface area contributed by atoms with Gasteiger partial charge in [-0.15, -0.1) is 0 Å². The van der Waals surface area contributed by atoms with Crippen LogP contribution in [0, 0.1) is 5.92 Å². The number of carbonyl (C=O) groups is 2. The van der Waals surface area contributed by atoms with E-state index in [-0.39, 0.29) is 23.9 Å². The van der Waals surface area contributed by atoms with Crippen molar-refractivity contribution in [1.29, 1.82) is 0 Å². The molecule has 1 heterocycles. The molecule has 1 atom stereocenters. The standard InChI is InChI=1S/C23H27NO3/c25-22(21-14-6-9-17-8-4-5-13-20(17)21)24-15-7-10-18(16-24)23(26)27-19-11-2-1-3-12-19/h4-6,8-9,13-14,18-19H,1-3,7,10-12,15-16H2. The van der Waals surface area contributed by atoms with Gasteiger partial charge in [0.2, 0.25) is 0 Å². The average Bonchev–Trinajstić information content (AvgIpc) is 2.73. The largest absolute Gasteiger partial charge is 0.462 e. The van der Waals surface area contributed by atoms with E-state index in [0.717, 1.165) is 54.9 Å². The third-order valence-corrected chi connectivity index (χ3v) is 5.90. The van der Waals surface area contributed by atoms with E-state index in [1.54, 1.807) is 0 Å². The highest BCUT2D eigenvalue weighted by Gasteiger charge is 2.32. The number of fused-ring (bicyclic) bond motifs is 1. The van der Waals surface area contributed by atoms with E-state index >= 15 is 0 Å². The second-order valence-electron chi connectivity index (χ2n) is 7.81. The molecule has 1 amide bonds. The summed E-state index contributed by atoms with van der Waals surface area (Å²) in [4.78, 5) is 27.6. The summed E-state index contributed by atoms with van der Waals surface area (Å²) in [6.45, 7) is 1.17. The summed E-state index contributed by atoms with van der Waals surface area (Å²) < 4.78 is 5.76. The Balaban J connectivity index is 1.45. The molecule has 4 heteroatoms. The molecule has 2 aliphatic rings. The molecule has 0 radical (unpaired) electrons. The molecular formula is C23H27NO3. The predicted octanol–water partition coefficient (Wildman–Crippen LogP) is 4.57. The fourth-order valence-electron chi connectivity index (χ4n) is 4.38. The first-order valence-electron chi connectivity index (χ1n) is 10.2. The van der Waals surface area contributed by atoms with Gasteiger partial charge in [0.15, 0.2) is 0 Å². The molecule has 2 aromatic rings. The van der Waals surface area contributed by atoms with Crippen molar-refractivity contribution in [2.75, 3.05) is 13.1 Å². The zero-order chi connectivity index (χ0) is 18.6. The maximum absolute atomic E-state index is 13.1. The van der Waals surface area contributed by atoms with Gasteiger partial charge in [0.25, 0.3) is 5.91 Å². The lowest BCUT2D eigenvalue weighted by Gasteiger charge is -2.33. The van der Waals surface area contributed by atoms with Crippen LogP contribution in [0.2, 0.25) is 0 Å². The van der Waals surface area contributed by atoms with Crippen LogP contribution in [0.25, 0.3) is 10.8 Å². The number of ether oxygens (including phenoxy) is 1. The van der Waals surface area contributed by atoms with E-state index in [1.165, 1.54) is 6.42 Å². The molecular weight excluding hydrogens is 338 g/mol. The van der Waals surface area contributed by atoms with Crippen LogP contribution in [0.4, 0.5) is 0 Å². The number of hydrogen-bond donors (Lipinski definition) is 0. The van der Waals surface area contributed by atoms with Crippen LogP contribution in [0.15, 0.2) is 42.5 Å². The number of esters is 1. The second kappa shape index (κ2) is 8.12. The Morgan fingerprint density at radius 1 is 0.889 bits per heavy atom. The van der Waals surface area contributed by atoms with Gasteiger partial charge >= 0.3 is 5.97 Å². The maximum atomic E-state index is 13.1. The Bertz CT molecular complexity index is 820. The Morgan fingerprint density at radius 2 is 1.67 bits per heavy atom. The Hall–Kier alpha value is -2.36. The summed E-state index contributed by atoms with van der Waals surface area (Å²) >= 11 is 0. The van der Waals surface area contributed by atoms with Crippen molar-refractivity contribution in [3.63, 3.8) is 0 Å². The lowest BCUT2D eigenvalue weighted by molar-refractivity contribution is -0.157. The minimum atomic E-state index is -0.195. The SMILES string of the molecule is O=C(OC1CCCCC1)C1CCCN(C(=O)c2cccc3ccccc23)C1. The molecule has 2 aromatic carbocycles. The first-order chi connectivity index (χ1) is 13.2. The summed E-state index contributed by atoms with van der Waals surface area (Å²) in [5.41, 5.74) is 0.717. The molecule has 1 unspecified atom stereocenters. The van der Waals surface area contributed by atoms with Gasteiger partial charge < -0.3 is 9.64 Å². The van der Waals surface area contributed by atoms with Crippen LogP contribution in [0.5, 0.6) is 0 Å². The fraction of sp³-hybridized carbons (Fsp3) is 0.478. The van der Waals surface area contributed by atoms with E-state index in [2.05, 4.69) is 0 Å². The molecule has 4 rings (SSSR count). The van der Waals surface area contributed by atoms with E-state index in [9.17, 15) is 9.59 Å². The van der Waals surface area contributed by atoms with Crippen LogP contribution < -0.4 is 0 Å².